The molecule has 4 rings (SSSR count). The van der Waals surface area contributed by atoms with Crippen molar-refractivity contribution in [1.82, 2.24) is 15.0 Å². The molecule has 1 fully saturated rings. The average molecular weight is 321 g/mol. The van der Waals surface area contributed by atoms with Gasteiger partial charge in [0.15, 0.2) is 0 Å². The van der Waals surface area contributed by atoms with Crippen LogP contribution in [0.3, 0.4) is 0 Å². The quantitative estimate of drug-likeness (QED) is 0.751. The Bertz CT molecular complexity index is 818. The van der Waals surface area contributed by atoms with Gasteiger partial charge in [-0.15, -0.1) is 0 Å². The van der Waals surface area contributed by atoms with E-state index in [4.69, 9.17) is 4.74 Å². The number of nitrogens with zero attached hydrogens (tertiary/aromatic N) is 3. The van der Waals surface area contributed by atoms with Gasteiger partial charge in [0.2, 0.25) is 5.95 Å². The van der Waals surface area contributed by atoms with Crippen molar-refractivity contribution < 1.29 is 4.74 Å². The second-order valence-electron chi connectivity index (χ2n) is 5.80. The van der Waals surface area contributed by atoms with Crippen LogP contribution in [0.4, 0.5) is 17.5 Å². The van der Waals surface area contributed by atoms with Gasteiger partial charge in [-0.25, -0.2) is 4.98 Å². The van der Waals surface area contributed by atoms with E-state index in [1.165, 1.54) is 0 Å². The summed E-state index contributed by atoms with van der Waals surface area (Å²) in [6, 6.07) is 11.8. The van der Waals surface area contributed by atoms with Gasteiger partial charge < -0.3 is 15.4 Å². The summed E-state index contributed by atoms with van der Waals surface area (Å²) < 4.78 is 5.68. The van der Waals surface area contributed by atoms with Crippen LogP contribution in [0.2, 0.25) is 0 Å². The molecule has 1 aromatic carbocycles. The van der Waals surface area contributed by atoms with Gasteiger partial charge in [0.25, 0.3) is 0 Å². The summed E-state index contributed by atoms with van der Waals surface area (Å²) in [5.41, 5.74) is 1.76. The highest BCUT2D eigenvalue weighted by atomic mass is 16.5. The lowest BCUT2D eigenvalue weighted by Gasteiger charge is -2.14. The molecular formula is C18H19N5O. The smallest absolute Gasteiger partial charge is 0.229 e. The molecule has 0 radical (unpaired) electrons. The lowest BCUT2D eigenvalue weighted by atomic mass is 10.2. The minimum absolute atomic E-state index is 0.258. The van der Waals surface area contributed by atoms with E-state index < -0.39 is 0 Å². The van der Waals surface area contributed by atoms with Crippen LogP contribution >= 0.6 is 0 Å². The van der Waals surface area contributed by atoms with Crippen LogP contribution in [0.15, 0.2) is 48.8 Å². The molecule has 0 spiro atoms. The van der Waals surface area contributed by atoms with Gasteiger partial charge in [-0.1, -0.05) is 12.1 Å². The molecule has 0 saturated carbocycles. The van der Waals surface area contributed by atoms with E-state index in [0.29, 0.717) is 5.95 Å². The van der Waals surface area contributed by atoms with Crippen LogP contribution < -0.4 is 10.6 Å². The van der Waals surface area contributed by atoms with Crippen molar-refractivity contribution in [2.45, 2.75) is 18.9 Å². The fourth-order valence-corrected chi connectivity index (χ4v) is 2.85. The molecule has 1 aliphatic heterocycles. The monoisotopic (exact) mass is 321 g/mol. The molecule has 0 amide bonds. The minimum atomic E-state index is 0.258. The van der Waals surface area contributed by atoms with Crippen molar-refractivity contribution in [2.24, 2.45) is 0 Å². The molecule has 1 aliphatic rings. The molecular weight excluding hydrogens is 302 g/mol. The molecule has 0 bridgehead atoms. The number of hydrogen-bond donors (Lipinski definition) is 2. The number of ether oxygens (including phenoxy) is 1. The first kappa shape index (κ1) is 14.8. The van der Waals surface area contributed by atoms with Crippen LogP contribution in [0, 0.1) is 0 Å². The van der Waals surface area contributed by atoms with Crippen molar-refractivity contribution >= 4 is 28.4 Å². The SMILES string of the molecule is c1cncc(Nc2nc(NCC3CCCO3)c3ccccc3n2)c1. The summed E-state index contributed by atoms with van der Waals surface area (Å²) in [5.74, 6) is 1.37. The molecule has 6 nitrogen and oxygen atoms in total. The highest BCUT2D eigenvalue weighted by Gasteiger charge is 2.16. The minimum Gasteiger partial charge on any atom is -0.376 e. The number of para-hydroxylation sites is 1. The fourth-order valence-electron chi connectivity index (χ4n) is 2.85. The second kappa shape index (κ2) is 6.80. The van der Waals surface area contributed by atoms with Crippen LogP contribution in [-0.2, 0) is 4.74 Å². The Morgan fingerprint density at radius 2 is 2.08 bits per heavy atom. The van der Waals surface area contributed by atoms with E-state index in [-0.39, 0.29) is 6.10 Å². The van der Waals surface area contributed by atoms with E-state index >= 15 is 0 Å². The molecule has 1 atom stereocenters. The van der Waals surface area contributed by atoms with Gasteiger partial charge in [-0.2, -0.15) is 4.98 Å². The average Bonchev–Trinajstić information content (AvgIpc) is 3.14. The van der Waals surface area contributed by atoms with Crippen LogP contribution in [0.25, 0.3) is 10.9 Å². The third-order valence-electron chi connectivity index (χ3n) is 4.04. The Hall–Kier alpha value is -2.73. The number of nitrogens with one attached hydrogen (secondary N) is 2. The van der Waals surface area contributed by atoms with Crippen LogP contribution in [0.5, 0.6) is 0 Å². The first-order valence-electron chi connectivity index (χ1n) is 8.18. The van der Waals surface area contributed by atoms with Crippen molar-refractivity contribution in [3.8, 4) is 0 Å². The van der Waals surface area contributed by atoms with E-state index in [1.807, 2.05) is 36.4 Å². The highest BCUT2D eigenvalue weighted by molar-refractivity contribution is 5.90. The molecule has 122 valence electrons. The summed E-state index contributed by atoms with van der Waals surface area (Å²) in [6.45, 7) is 1.61. The third kappa shape index (κ3) is 3.28. The number of aromatic nitrogens is 3. The van der Waals surface area contributed by atoms with E-state index in [0.717, 1.165) is 48.4 Å². The fraction of sp³-hybridized carbons (Fsp3) is 0.278. The maximum atomic E-state index is 5.68. The first-order chi connectivity index (χ1) is 11.9. The molecule has 24 heavy (non-hydrogen) atoms. The predicted octanol–water partition coefficient (Wildman–Crippen LogP) is 3.36. The number of benzene rings is 1. The van der Waals surface area contributed by atoms with E-state index in [9.17, 15) is 0 Å². The molecule has 2 aromatic heterocycles. The molecule has 3 heterocycles. The lowest BCUT2D eigenvalue weighted by molar-refractivity contribution is 0.120. The van der Waals surface area contributed by atoms with Crippen molar-refractivity contribution in [1.29, 1.82) is 0 Å². The molecule has 0 aliphatic carbocycles. The van der Waals surface area contributed by atoms with Gasteiger partial charge in [-0.05, 0) is 37.1 Å². The summed E-state index contributed by atoms with van der Waals surface area (Å²) >= 11 is 0. The molecule has 3 aromatic rings. The number of rotatable bonds is 5. The standard InChI is InChI=1S/C18H19N5O/c1-2-8-16-15(7-1)17(20-12-14-6-4-10-24-14)23-18(22-16)21-13-5-3-9-19-11-13/h1-3,5,7-9,11,14H,4,6,10,12H2,(H2,20,21,22,23). The Morgan fingerprint density at radius 3 is 2.92 bits per heavy atom. The Morgan fingerprint density at radius 1 is 1.12 bits per heavy atom. The molecule has 2 N–H and O–H groups in total. The molecule has 1 saturated heterocycles. The number of anilines is 3. The zero-order valence-corrected chi connectivity index (χ0v) is 13.3. The van der Waals surface area contributed by atoms with Crippen LogP contribution in [-0.4, -0.2) is 34.2 Å². The summed E-state index contributed by atoms with van der Waals surface area (Å²) in [4.78, 5) is 13.3. The Labute approximate surface area is 140 Å². The molecule has 1 unspecified atom stereocenters. The highest BCUT2D eigenvalue weighted by Crippen LogP contribution is 2.24. The van der Waals surface area contributed by atoms with E-state index in [2.05, 4.69) is 25.6 Å². The maximum Gasteiger partial charge on any atom is 0.229 e. The Kier molecular flexibility index (Phi) is 4.20. The van der Waals surface area contributed by atoms with Crippen molar-refractivity contribution in [2.75, 3.05) is 23.8 Å². The van der Waals surface area contributed by atoms with Crippen molar-refractivity contribution in [3.63, 3.8) is 0 Å². The zero-order chi connectivity index (χ0) is 16.2. The van der Waals surface area contributed by atoms with Gasteiger partial charge in [-0.3, -0.25) is 4.98 Å². The van der Waals surface area contributed by atoms with Crippen molar-refractivity contribution in [3.05, 3.63) is 48.8 Å². The number of hydrogen-bond acceptors (Lipinski definition) is 6. The lowest BCUT2D eigenvalue weighted by Crippen LogP contribution is -2.19. The normalized spacial score (nSPS) is 17.1. The largest absolute Gasteiger partial charge is 0.376 e. The van der Waals surface area contributed by atoms with Gasteiger partial charge in [0, 0.05) is 24.7 Å². The molecule has 6 heteroatoms. The number of pyridine rings is 1. The zero-order valence-electron chi connectivity index (χ0n) is 13.3. The third-order valence-corrected chi connectivity index (χ3v) is 4.04. The summed E-state index contributed by atoms with van der Waals surface area (Å²) in [6.07, 6.45) is 5.97. The summed E-state index contributed by atoms with van der Waals surface area (Å²) in [5, 5.41) is 7.64. The summed E-state index contributed by atoms with van der Waals surface area (Å²) in [7, 11) is 0. The first-order valence-corrected chi connectivity index (χ1v) is 8.18. The Balaban J connectivity index is 1.62. The van der Waals surface area contributed by atoms with Gasteiger partial charge in [0.1, 0.15) is 5.82 Å². The van der Waals surface area contributed by atoms with E-state index in [1.54, 1.807) is 12.4 Å². The van der Waals surface area contributed by atoms with Gasteiger partial charge >= 0.3 is 0 Å². The topological polar surface area (TPSA) is 72.0 Å². The maximum absolute atomic E-state index is 5.68. The predicted molar refractivity (Wildman–Crippen MR) is 94.5 cm³/mol. The van der Waals surface area contributed by atoms with Gasteiger partial charge in [0.05, 0.1) is 23.5 Å². The second-order valence-corrected chi connectivity index (χ2v) is 5.80. The number of fused-ring (bicyclic) bond motifs is 1. The van der Waals surface area contributed by atoms with Crippen LogP contribution in [0.1, 0.15) is 12.8 Å².